The molecule has 102 valence electrons. The van der Waals surface area contributed by atoms with Gasteiger partial charge in [0.15, 0.2) is 0 Å². The molecular weight excluding hydrogens is 250 g/mol. The second kappa shape index (κ2) is 5.10. The van der Waals surface area contributed by atoms with Crippen molar-refractivity contribution in [1.29, 1.82) is 5.26 Å². The van der Waals surface area contributed by atoms with Gasteiger partial charge in [0.2, 0.25) is 0 Å². The highest BCUT2D eigenvalue weighted by Crippen LogP contribution is 2.24. The van der Waals surface area contributed by atoms with Gasteiger partial charge in [-0.2, -0.15) is 5.26 Å². The fraction of sp³-hybridized carbons (Fsp3) is 0.375. The van der Waals surface area contributed by atoms with Crippen LogP contribution < -0.4 is 4.90 Å². The number of anilines is 1. The molecule has 0 bridgehead atoms. The lowest BCUT2D eigenvalue weighted by molar-refractivity contribution is -0.00544. The van der Waals surface area contributed by atoms with Crippen LogP contribution in [0, 0.1) is 11.3 Å². The van der Waals surface area contributed by atoms with Gasteiger partial charge in [-0.15, -0.1) is 0 Å². The zero-order chi connectivity index (χ0) is 14.1. The number of morpholine rings is 1. The van der Waals surface area contributed by atoms with E-state index in [0.29, 0.717) is 5.56 Å². The number of para-hydroxylation sites is 1. The van der Waals surface area contributed by atoms with E-state index >= 15 is 0 Å². The minimum absolute atomic E-state index is 0.178. The number of nitrogens with zero attached hydrogens (tertiary/aromatic N) is 3. The molecule has 0 radical (unpaired) electrons. The van der Waals surface area contributed by atoms with Gasteiger partial charge in [-0.3, -0.25) is 0 Å². The monoisotopic (exact) mass is 267 g/mol. The van der Waals surface area contributed by atoms with Gasteiger partial charge >= 0.3 is 0 Å². The maximum absolute atomic E-state index is 9.34. The smallest absolute Gasteiger partial charge is 0.130 e. The van der Waals surface area contributed by atoms with Gasteiger partial charge in [0.05, 0.1) is 29.4 Å². The van der Waals surface area contributed by atoms with E-state index in [-0.39, 0.29) is 12.2 Å². The van der Waals surface area contributed by atoms with Gasteiger partial charge in [0, 0.05) is 18.5 Å². The second-order valence-electron chi connectivity index (χ2n) is 5.32. The molecule has 0 aliphatic carbocycles. The van der Waals surface area contributed by atoms with Crippen molar-refractivity contribution in [3.8, 4) is 6.07 Å². The molecule has 0 amide bonds. The molecule has 20 heavy (non-hydrogen) atoms. The number of nitriles is 1. The lowest BCUT2D eigenvalue weighted by atomic mass is 10.1. The van der Waals surface area contributed by atoms with E-state index in [2.05, 4.69) is 24.8 Å². The number of aromatic nitrogens is 1. The predicted molar refractivity (Wildman–Crippen MR) is 78.7 cm³/mol. The Kier molecular flexibility index (Phi) is 3.29. The number of benzene rings is 1. The molecule has 4 nitrogen and oxygen atoms in total. The van der Waals surface area contributed by atoms with Crippen LogP contribution in [0.3, 0.4) is 0 Å². The average molecular weight is 267 g/mol. The van der Waals surface area contributed by atoms with E-state index in [1.165, 1.54) is 0 Å². The summed E-state index contributed by atoms with van der Waals surface area (Å²) < 4.78 is 5.75. The quantitative estimate of drug-likeness (QED) is 0.797. The van der Waals surface area contributed by atoms with Crippen molar-refractivity contribution in [2.45, 2.75) is 26.1 Å². The van der Waals surface area contributed by atoms with E-state index in [4.69, 9.17) is 9.72 Å². The van der Waals surface area contributed by atoms with Crippen molar-refractivity contribution >= 4 is 16.7 Å². The molecule has 2 aromatic rings. The molecule has 4 heteroatoms. The summed E-state index contributed by atoms with van der Waals surface area (Å²) in [5, 5.41) is 10.3. The lowest BCUT2D eigenvalue weighted by Crippen LogP contribution is -2.45. The topological polar surface area (TPSA) is 49.2 Å². The van der Waals surface area contributed by atoms with Crippen LogP contribution in [-0.2, 0) is 4.74 Å². The fourth-order valence-corrected chi connectivity index (χ4v) is 2.78. The molecule has 0 N–H and O–H groups in total. The number of rotatable bonds is 1. The lowest BCUT2D eigenvalue weighted by Gasteiger charge is -2.36. The molecule has 2 atom stereocenters. The Labute approximate surface area is 118 Å². The first-order valence-corrected chi connectivity index (χ1v) is 6.87. The van der Waals surface area contributed by atoms with Gasteiger partial charge < -0.3 is 9.64 Å². The van der Waals surface area contributed by atoms with Gasteiger partial charge in [0.25, 0.3) is 0 Å². The van der Waals surface area contributed by atoms with Gasteiger partial charge in [-0.05, 0) is 26.0 Å². The SMILES string of the molecule is CC1CN(c2cc(C#N)c3ccccc3n2)CC(C)O1. The largest absolute Gasteiger partial charge is 0.372 e. The highest BCUT2D eigenvalue weighted by molar-refractivity contribution is 5.86. The first-order chi connectivity index (χ1) is 9.67. The van der Waals surface area contributed by atoms with Crippen LogP contribution in [0.2, 0.25) is 0 Å². The Morgan fingerprint density at radius 3 is 2.65 bits per heavy atom. The van der Waals surface area contributed by atoms with E-state index in [9.17, 15) is 5.26 Å². The normalized spacial score (nSPS) is 22.8. The van der Waals surface area contributed by atoms with Crippen LogP contribution in [0.5, 0.6) is 0 Å². The summed E-state index contributed by atoms with van der Waals surface area (Å²) in [7, 11) is 0. The minimum Gasteiger partial charge on any atom is -0.372 e. The van der Waals surface area contributed by atoms with E-state index in [1.807, 2.05) is 30.3 Å². The maximum Gasteiger partial charge on any atom is 0.130 e. The maximum atomic E-state index is 9.34. The third-order valence-electron chi connectivity index (χ3n) is 3.57. The van der Waals surface area contributed by atoms with E-state index in [1.54, 1.807) is 0 Å². The molecule has 1 aliphatic rings. The van der Waals surface area contributed by atoms with Gasteiger partial charge in [0.1, 0.15) is 5.82 Å². The summed E-state index contributed by atoms with van der Waals surface area (Å²) >= 11 is 0. The summed E-state index contributed by atoms with van der Waals surface area (Å²) in [4.78, 5) is 6.90. The standard InChI is InChI=1S/C16H17N3O/c1-11-9-19(10-12(2)20-11)16-7-13(8-17)14-5-3-4-6-15(14)18-16/h3-7,11-12H,9-10H2,1-2H3. The van der Waals surface area contributed by atoms with Crippen LogP contribution in [0.1, 0.15) is 19.4 Å². The Morgan fingerprint density at radius 2 is 1.95 bits per heavy atom. The Balaban J connectivity index is 2.06. The summed E-state index contributed by atoms with van der Waals surface area (Å²) in [6.45, 7) is 5.74. The number of fused-ring (bicyclic) bond motifs is 1. The third kappa shape index (κ3) is 2.33. The number of hydrogen-bond donors (Lipinski definition) is 0. The van der Waals surface area contributed by atoms with E-state index in [0.717, 1.165) is 29.8 Å². The Hall–Kier alpha value is -2.12. The first kappa shape index (κ1) is 12.9. The zero-order valence-corrected chi connectivity index (χ0v) is 11.7. The molecule has 1 aliphatic heterocycles. The molecular formula is C16H17N3O. The molecule has 1 saturated heterocycles. The van der Waals surface area contributed by atoms with Gasteiger partial charge in [-0.25, -0.2) is 4.98 Å². The van der Waals surface area contributed by atoms with E-state index < -0.39 is 0 Å². The molecule has 1 aromatic carbocycles. The zero-order valence-electron chi connectivity index (χ0n) is 11.7. The van der Waals surface area contributed by atoms with Crippen molar-refractivity contribution < 1.29 is 4.74 Å². The average Bonchev–Trinajstić information content (AvgIpc) is 2.45. The summed E-state index contributed by atoms with van der Waals surface area (Å²) in [6, 6.07) is 11.9. The minimum atomic E-state index is 0.178. The summed E-state index contributed by atoms with van der Waals surface area (Å²) in [5.74, 6) is 0.863. The number of hydrogen-bond acceptors (Lipinski definition) is 4. The molecule has 2 unspecified atom stereocenters. The van der Waals surface area contributed by atoms with Crippen molar-refractivity contribution in [3.63, 3.8) is 0 Å². The van der Waals surface area contributed by atoms with Crippen molar-refractivity contribution in [1.82, 2.24) is 4.98 Å². The Morgan fingerprint density at radius 1 is 1.25 bits per heavy atom. The molecule has 0 saturated carbocycles. The third-order valence-corrected chi connectivity index (χ3v) is 3.57. The highest BCUT2D eigenvalue weighted by Gasteiger charge is 2.23. The Bertz CT molecular complexity index is 667. The number of pyridine rings is 1. The fourth-order valence-electron chi connectivity index (χ4n) is 2.78. The molecule has 3 rings (SSSR count). The summed E-state index contributed by atoms with van der Waals surface area (Å²) in [6.07, 6.45) is 0.357. The second-order valence-corrected chi connectivity index (χ2v) is 5.32. The van der Waals surface area contributed by atoms with Crippen LogP contribution >= 0.6 is 0 Å². The predicted octanol–water partition coefficient (Wildman–Crippen LogP) is 2.72. The first-order valence-electron chi connectivity index (χ1n) is 6.87. The highest BCUT2D eigenvalue weighted by atomic mass is 16.5. The van der Waals surface area contributed by atoms with Crippen molar-refractivity contribution in [3.05, 3.63) is 35.9 Å². The van der Waals surface area contributed by atoms with Crippen LogP contribution in [0.15, 0.2) is 30.3 Å². The van der Waals surface area contributed by atoms with Crippen LogP contribution in [-0.4, -0.2) is 30.3 Å². The number of ether oxygens (including phenoxy) is 1. The van der Waals surface area contributed by atoms with Crippen LogP contribution in [0.25, 0.3) is 10.9 Å². The van der Waals surface area contributed by atoms with Crippen molar-refractivity contribution in [2.24, 2.45) is 0 Å². The molecule has 2 heterocycles. The van der Waals surface area contributed by atoms with Gasteiger partial charge in [-0.1, -0.05) is 18.2 Å². The molecule has 1 aromatic heterocycles. The summed E-state index contributed by atoms with van der Waals surface area (Å²) in [5.41, 5.74) is 1.55. The molecule has 0 spiro atoms. The van der Waals surface area contributed by atoms with Crippen molar-refractivity contribution in [2.75, 3.05) is 18.0 Å². The van der Waals surface area contributed by atoms with Crippen LogP contribution in [0.4, 0.5) is 5.82 Å². The molecule has 1 fully saturated rings.